The van der Waals surface area contributed by atoms with Gasteiger partial charge >= 0.3 is 0 Å². The van der Waals surface area contributed by atoms with Gasteiger partial charge < -0.3 is 10.3 Å². The fraction of sp³-hybridized carbons (Fsp3) is 0.0909. The molecule has 0 saturated heterocycles. The highest BCUT2D eigenvalue weighted by Gasteiger charge is 2.24. The summed E-state index contributed by atoms with van der Waals surface area (Å²) in [5.41, 5.74) is 4.35. The summed E-state index contributed by atoms with van der Waals surface area (Å²) in [5.74, 6) is -0.538. The van der Waals surface area contributed by atoms with E-state index in [2.05, 4.69) is 15.3 Å². The number of H-pyrrole nitrogens is 1. The third-order valence-corrected chi connectivity index (χ3v) is 5.44. The molecule has 1 atom stereocenters. The molecule has 0 unspecified atom stereocenters. The van der Waals surface area contributed by atoms with E-state index < -0.39 is 5.25 Å². The summed E-state index contributed by atoms with van der Waals surface area (Å²) in [6, 6.07) is 21.3. The summed E-state index contributed by atoms with van der Waals surface area (Å²) < 4.78 is 13.1. The molecule has 140 valence electrons. The van der Waals surface area contributed by atoms with Crippen molar-refractivity contribution < 1.29 is 9.18 Å². The van der Waals surface area contributed by atoms with Crippen LogP contribution in [0.15, 0.2) is 78.0 Å². The van der Waals surface area contributed by atoms with Crippen LogP contribution in [0.4, 0.5) is 10.1 Å². The predicted octanol–water partition coefficient (Wildman–Crippen LogP) is 5.48. The number of carbonyl (C=O) groups excluding carboxylic acids is 1. The molecule has 0 aliphatic rings. The smallest absolute Gasteiger partial charge is 0.242 e. The Balaban J connectivity index is 1.62. The first-order valence-corrected chi connectivity index (χ1v) is 9.71. The van der Waals surface area contributed by atoms with Gasteiger partial charge in [-0.15, -0.1) is 0 Å². The van der Waals surface area contributed by atoms with Gasteiger partial charge in [-0.2, -0.15) is 0 Å². The van der Waals surface area contributed by atoms with E-state index in [4.69, 9.17) is 0 Å². The minimum absolute atomic E-state index is 0.195. The lowest BCUT2D eigenvalue weighted by atomic mass is 10.1. The fourth-order valence-corrected chi connectivity index (χ4v) is 3.91. The van der Waals surface area contributed by atoms with Crippen molar-refractivity contribution >= 4 is 34.4 Å². The number of nitrogens with zero attached hydrogens (tertiary/aromatic N) is 1. The van der Waals surface area contributed by atoms with Gasteiger partial charge in [0.25, 0.3) is 0 Å². The maximum absolute atomic E-state index is 13.1. The van der Waals surface area contributed by atoms with E-state index in [1.807, 2.05) is 55.5 Å². The maximum atomic E-state index is 13.1. The summed E-state index contributed by atoms with van der Waals surface area (Å²) in [4.78, 5) is 20.9. The second-order valence-electron chi connectivity index (χ2n) is 6.47. The van der Waals surface area contributed by atoms with Gasteiger partial charge in [0, 0.05) is 5.69 Å². The van der Waals surface area contributed by atoms with E-state index in [1.54, 1.807) is 12.1 Å². The number of nitrogens with one attached hydrogen (secondary N) is 2. The molecule has 0 aliphatic heterocycles. The number of aromatic amines is 1. The largest absolute Gasteiger partial charge is 0.333 e. The number of anilines is 1. The molecule has 4 aromatic rings. The molecule has 28 heavy (non-hydrogen) atoms. The highest BCUT2D eigenvalue weighted by Crippen LogP contribution is 2.35. The molecule has 6 heteroatoms. The number of hydrogen-bond donors (Lipinski definition) is 2. The molecular formula is C22H18FN3OS. The van der Waals surface area contributed by atoms with Gasteiger partial charge in [-0.25, -0.2) is 9.37 Å². The van der Waals surface area contributed by atoms with Crippen molar-refractivity contribution in [2.24, 2.45) is 0 Å². The van der Waals surface area contributed by atoms with Crippen LogP contribution in [0.5, 0.6) is 0 Å². The monoisotopic (exact) mass is 391 g/mol. The lowest BCUT2D eigenvalue weighted by Crippen LogP contribution is -2.19. The number of halogens is 1. The van der Waals surface area contributed by atoms with Gasteiger partial charge in [-0.1, -0.05) is 48.2 Å². The van der Waals surface area contributed by atoms with Gasteiger partial charge in [0.15, 0.2) is 5.16 Å². The van der Waals surface area contributed by atoms with Crippen LogP contribution in [-0.4, -0.2) is 15.9 Å². The van der Waals surface area contributed by atoms with Crippen molar-refractivity contribution in [3.05, 3.63) is 89.7 Å². The van der Waals surface area contributed by atoms with Crippen LogP contribution in [0, 0.1) is 12.7 Å². The first-order chi connectivity index (χ1) is 13.6. The second kappa shape index (κ2) is 7.86. The minimum Gasteiger partial charge on any atom is -0.333 e. The Morgan fingerprint density at radius 3 is 2.57 bits per heavy atom. The summed E-state index contributed by atoms with van der Waals surface area (Å²) >= 11 is 1.35. The first-order valence-electron chi connectivity index (χ1n) is 8.83. The number of fused-ring (bicyclic) bond motifs is 1. The molecule has 0 bridgehead atoms. The number of imidazole rings is 1. The van der Waals surface area contributed by atoms with E-state index in [0.717, 1.165) is 22.2 Å². The summed E-state index contributed by atoms with van der Waals surface area (Å²) in [6.45, 7) is 2.02. The van der Waals surface area contributed by atoms with E-state index >= 15 is 0 Å². The average molecular weight is 391 g/mol. The second-order valence-corrected chi connectivity index (χ2v) is 7.56. The molecule has 4 rings (SSSR count). The number of aryl methyl sites for hydroxylation is 1. The molecule has 0 radical (unpaired) electrons. The van der Waals surface area contributed by atoms with Gasteiger partial charge in [0.2, 0.25) is 5.91 Å². The number of thioether (sulfide) groups is 1. The van der Waals surface area contributed by atoms with E-state index in [0.29, 0.717) is 10.8 Å². The molecule has 0 saturated carbocycles. The highest BCUT2D eigenvalue weighted by atomic mass is 32.2. The SMILES string of the molecule is Cc1ccc2nc(S[C@H](C(=O)Nc3ccc(F)cc3)c3ccccc3)[nH]c2c1. The van der Waals surface area contributed by atoms with Gasteiger partial charge in [-0.05, 0) is 54.4 Å². The zero-order chi connectivity index (χ0) is 19.5. The van der Waals surface area contributed by atoms with Crippen LogP contribution in [0.25, 0.3) is 11.0 Å². The molecule has 3 aromatic carbocycles. The normalized spacial score (nSPS) is 12.1. The van der Waals surface area contributed by atoms with Crippen molar-refractivity contribution in [1.29, 1.82) is 0 Å². The summed E-state index contributed by atoms with van der Waals surface area (Å²) in [6.07, 6.45) is 0. The summed E-state index contributed by atoms with van der Waals surface area (Å²) in [7, 11) is 0. The molecule has 1 aromatic heterocycles. The fourth-order valence-electron chi connectivity index (χ4n) is 2.91. The Hall–Kier alpha value is -3.12. The zero-order valence-electron chi connectivity index (χ0n) is 15.1. The third-order valence-electron chi connectivity index (χ3n) is 4.30. The predicted molar refractivity (Wildman–Crippen MR) is 111 cm³/mol. The summed E-state index contributed by atoms with van der Waals surface area (Å²) in [5, 5.41) is 3.03. The van der Waals surface area contributed by atoms with Crippen molar-refractivity contribution in [3.63, 3.8) is 0 Å². The van der Waals surface area contributed by atoms with Crippen LogP contribution >= 0.6 is 11.8 Å². The van der Waals surface area contributed by atoms with Crippen LogP contribution in [-0.2, 0) is 4.79 Å². The third kappa shape index (κ3) is 4.07. The van der Waals surface area contributed by atoms with Crippen molar-refractivity contribution in [2.45, 2.75) is 17.3 Å². The lowest BCUT2D eigenvalue weighted by Gasteiger charge is -2.16. The molecule has 1 heterocycles. The van der Waals surface area contributed by atoms with E-state index in [-0.39, 0.29) is 11.7 Å². The Morgan fingerprint density at radius 1 is 1.07 bits per heavy atom. The van der Waals surface area contributed by atoms with Crippen LogP contribution in [0.1, 0.15) is 16.4 Å². The number of rotatable bonds is 5. The molecule has 0 spiro atoms. The lowest BCUT2D eigenvalue weighted by molar-refractivity contribution is -0.115. The topological polar surface area (TPSA) is 57.8 Å². The quantitative estimate of drug-likeness (QED) is 0.443. The molecule has 0 aliphatic carbocycles. The molecule has 4 nitrogen and oxygen atoms in total. The Kier molecular flexibility index (Phi) is 5.12. The van der Waals surface area contributed by atoms with Crippen molar-refractivity contribution in [1.82, 2.24) is 9.97 Å². The molecule has 2 N–H and O–H groups in total. The zero-order valence-corrected chi connectivity index (χ0v) is 16.0. The number of hydrogen-bond acceptors (Lipinski definition) is 3. The number of aromatic nitrogens is 2. The number of amides is 1. The minimum atomic E-state index is -0.507. The van der Waals surface area contributed by atoms with Crippen LogP contribution in [0.2, 0.25) is 0 Å². The van der Waals surface area contributed by atoms with E-state index in [9.17, 15) is 9.18 Å². The first kappa shape index (κ1) is 18.3. The Morgan fingerprint density at radius 2 is 1.82 bits per heavy atom. The van der Waals surface area contributed by atoms with Crippen LogP contribution in [0.3, 0.4) is 0 Å². The van der Waals surface area contributed by atoms with Gasteiger partial charge in [0.1, 0.15) is 11.1 Å². The van der Waals surface area contributed by atoms with Crippen LogP contribution < -0.4 is 5.32 Å². The van der Waals surface area contributed by atoms with Crippen molar-refractivity contribution in [2.75, 3.05) is 5.32 Å². The van der Waals surface area contributed by atoms with Gasteiger partial charge in [0.05, 0.1) is 11.0 Å². The van der Waals surface area contributed by atoms with Gasteiger partial charge in [-0.3, -0.25) is 4.79 Å². The maximum Gasteiger partial charge on any atom is 0.242 e. The highest BCUT2D eigenvalue weighted by molar-refractivity contribution is 8.00. The molecule has 1 amide bonds. The standard InChI is InChI=1S/C22H18FN3OS/c1-14-7-12-18-19(13-14)26-22(25-18)28-20(15-5-3-2-4-6-15)21(27)24-17-10-8-16(23)9-11-17/h2-13,20H,1H3,(H,24,27)(H,25,26)/t20-/m0/s1. The molecule has 0 fully saturated rings. The Bertz CT molecular complexity index is 1110. The number of carbonyl (C=O) groups is 1. The Labute approximate surface area is 166 Å². The average Bonchev–Trinajstić information content (AvgIpc) is 3.10. The number of benzene rings is 3. The van der Waals surface area contributed by atoms with Crippen molar-refractivity contribution in [3.8, 4) is 0 Å². The molecular weight excluding hydrogens is 373 g/mol. The van der Waals surface area contributed by atoms with E-state index in [1.165, 1.54) is 23.9 Å².